The summed E-state index contributed by atoms with van der Waals surface area (Å²) in [6.45, 7) is 14.3. The van der Waals surface area contributed by atoms with Crippen LogP contribution in [-0.2, 0) is 0 Å². The van der Waals surface area contributed by atoms with Crippen molar-refractivity contribution >= 4 is 0 Å². The maximum Gasteiger partial charge on any atom is 0.0614 e. The summed E-state index contributed by atoms with van der Waals surface area (Å²) in [4.78, 5) is 0. The number of fused-ring (bicyclic) bond motifs is 1. The van der Waals surface area contributed by atoms with Gasteiger partial charge in [-0.25, -0.2) is 0 Å². The van der Waals surface area contributed by atoms with Gasteiger partial charge in [0.1, 0.15) is 0 Å². The summed E-state index contributed by atoms with van der Waals surface area (Å²) in [7, 11) is 0. The van der Waals surface area contributed by atoms with E-state index in [0.29, 0.717) is 16.7 Å². The molecule has 0 saturated heterocycles. The Morgan fingerprint density at radius 3 is 2.71 bits per heavy atom. The molecule has 1 nitrogen and oxygen atoms in total. The molecule has 1 heteroatoms. The molecule has 21 heavy (non-hydrogen) atoms. The van der Waals surface area contributed by atoms with Gasteiger partial charge < -0.3 is 5.11 Å². The zero-order valence-corrected chi connectivity index (χ0v) is 14.5. The van der Waals surface area contributed by atoms with Crippen LogP contribution >= 0.6 is 0 Å². The van der Waals surface area contributed by atoms with Crippen LogP contribution in [0.2, 0.25) is 0 Å². The Balaban J connectivity index is 2.17. The zero-order valence-electron chi connectivity index (χ0n) is 14.5. The van der Waals surface area contributed by atoms with Gasteiger partial charge in [-0.1, -0.05) is 51.0 Å². The molecule has 2 fully saturated rings. The Labute approximate surface area is 131 Å². The number of hydrogen-bond donors (Lipinski definition) is 1. The maximum absolute atomic E-state index is 9.04. The van der Waals surface area contributed by atoms with Gasteiger partial charge in [0.15, 0.2) is 0 Å². The van der Waals surface area contributed by atoms with E-state index in [1.54, 1.807) is 0 Å². The first-order chi connectivity index (χ1) is 9.81. The van der Waals surface area contributed by atoms with Crippen LogP contribution in [0.15, 0.2) is 23.8 Å². The highest BCUT2D eigenvalue weighted by molar-refractivity contribution is 5.16. The topological polar surface area (TPSA) is 20.2 Å². The molecule has 0 unspecified atom stereocenters. The molecule has 2 aliphatic rings. The highest BCUT2D eigenvalue weighted by Gasteiger charge is 2.52. The predicted molar refractivity (Wildman–Crippen MR) is 91.2 cm³/mol. The Bertz CT molecular complexity index is 418. The van der Waals surface area contributed by atoms with Gasteiger partial charge in [-0.2, -0.15) is 0 Å². The van der Waals surface area contributed by atoms with Crippen molar-refractivity contribution in [1.29, 1.82) is 0 Å². The number of allylic oxidation sites excluding steroid dienone is 2. The Morgan fingerprint density at radius 2 is 2.05 bits per heavy atom. The summed E-state index contributed by atoms with van der Waals surface area (Å²) < 4.78 is 0. The van der Waals surface area contributed by atoms with E-state index >= 15 is 0 Å². The second-order valence-electron chi connectivity index (χ2n) is 8.42. The minimum atomic E-state index is 0.171. The van der Waals surface area contributed by atoms with Crippen molar-refractivity contribution in [1.82, 2.24) is 0 Å². The molecule has 2 rings (SSSR count). The predicted octanol–water partition coefficient (Wildman–Crippen LogP) is 5.50. The molecule has 2 saturated carbocycles. The molecular weight excluding hydrogens is 256 g/mol. The van der Waals surface area contributed by atoms with Gasteiger partial charge in [0.2, 0.25) is 0 Å². The summed E-state index contributed by atoms with van der Waals surface area (Å²) in [6.07, 6.45) is 11.0. The van der Waals surface area contributed by atoms with Gasteiger partial charge >= 0.3 is 0 Å². The van der Waals surface area contributed by atoms with Gasteiger partial charge in [-0.15, -0.1) is 0 Å². The second kappa shape index (κ2) is 6.28. The van der Waals surface area contributed by atoms with Gasteiger partial charge in [0.25, 0.3) is 0 Å². The SMILES string of the molecule is C=C1CC[C@H]2C(C)(C)CCC[C@]2(C)[C@H]1CC/C(C)=C/CO. The van der Waals surface area contributed by atoms with Crippen molar-refractivity contribution in [3.8, 4) is 0 Å². The molecule has 0 heterocycles. The summed E-state index contributed by atoms with van der Waals surface area (Å²) in [5.41, 5.74) is 3.74. The molecule has 0 spiro atoms. The quantitative estimate of drug-likeness (QED) is 0.677. The lowest BCUT2D eigenvalue weighted by atomic mass is 9.47. The first-order valence-electron chi connectivity index (χ1n) is 8.75. The molecule has 1 N–H and O–H groups in total. The van der Waals surface area contributed by atoms with Gasteiger partial charge in [-0.05, 0) is 68.1 Å². The van der Waals surface area contributed by atoms with Crippen molar-refractivity contribution in [2.75, 3.05) is 6.61 Å². The minimum absolute atomic E-state index is 0.171. The Kier molecular flexibility index (Phi) is 5.03. The molecule has 0 radical (unpaired) electrons. The number of rotatable bonds is 4. The largest absolute Gasteiger partial charge is 0.392 e. The van der Waals surface area contributed by atoms with Crippen molar-refractivity contribution in [3.63, 3.8) is 0 Å². The lowest BCUT2D eigenvalue weighted by molar-refractivity contribution is -0.0539. The summed E-state index contributed by atoms with van der Waals surface area (Å²) >= 11 is 0. The van der Waals surface area contributed by atoms with Crippen molar-refractivity contribution < 1.29 is 5.11 Å². The van der Waals surface area contributed by atoms with E-state index in [4.69, 9.17) is 5.11 Å². The lowest BCUT2D eigenvalue weighted by Crippen LogP contribution is -2.49. The molecule has 120 valence electrons. The van der Waals surface area contributed by atoms with E-state index in [-0.39, 0.29) is 6.61 Å². The van der Waals surface area contributed by atoms with Crippen molar-refractivity contribution in [3.05, 3.63) is 23.8 Å². The monoisotopic (exact) mass is 290 g/mol. The molecule has 2 aliphatic carbocycles. The molecule has 0 bridgehead atoms. The average Bonchev–Trinajstić information content (AvgIpc) is 2.37. The van der Waals surface area contributed by atoms with Crippen LogP contribution in [0.5, 0.6) is 0 Å². The summed E-state index contributed by atoms with van der Waals surface area (Å²) in [5.74, 6) is 1.51. The number of aliphatic hydroxyl groups excluding tert-OH is 1. The Hall–Kier alpha value is -0.560. The third kappa shape index (κ3) is 3.28. The van der Waals surface area contributed by atoms with Crippen LogP contribution in [0.1, 0.15) is 72.6 Å². The fourth-order valence-electron chi connectivity index (χ4n) is 5.44. The number of aliphatic hydroxyl groups is 1. The third-order valence-corrected chi connectivity index (χ3v) is 6.59. The van der Waals surface area contributed by atoms with Crippen LogP contribution in [0, 0.1) is 22.7 Å². The van der Waals surface area contributed by atoms with Crippen LogP contribution in [0.3, 0.4) is 0 Å². The van der Waals surface area contributed by atoms with Crippen LogP contribution < -0.4 is 0 Å². The summed E-state index contributed by atoms with van der Waals surface area (Å²) in [6, 6.07) is 0. The second-order valence-corrected chi connectivity index (χ2v) is 8.42. The molecule has 0 aliphatic heterocycles. The van der Waals surface area contributed by atoms with E-state index in [9.17, 15) is 0 Å². The summed E-state index contributed by atoms with van der Waals surface area (Å²) in [5, 5.41) is 9.04. The van der Waals surface area contributed by atoms with Crippen molar-refractivity contribution in [2.45, 2.75) is 72.6 Å². The molecule has 3 atom stereocenters. The smallest absolute Gasteiger partial charge is 0.0614 e. The number of hydrogen-bond acceptors (Lipinski definition) is 1. The van der Waals surface area contributed by atoms with Crippen molar-refractivity contribution in [2.24, 2.45) is 22.7 Å². The fraction of sp³-hybridized carbons (Fsp3) is 0.800. The van der Waals surface area contributed by atoms with E-state index in [1.165, 1.54) is 49.7 Å². The lowest BCUT2D eigenvalue weighted by Gasteiger charge is -2.58. The van der Waals surface area contributed by atoms with Gasteiger partial charge in [0.05, 0.1) is 6.61 Å². The maximum atomic E-state index is 9.04. The van der Waals surface area contributed by atoms with E-state index in [1.807, 2.05) is 6.08 Å². The third-order valence-electron chi connectivity index (χ3n) is 6.59. The Morgan fingerprint density at radius 1 is 1.33 bits per heavy atom. The molecule has 0 aromatic carbocycles. The minimum Gasteiger partial charge on any atom is -0.392 e. The highest BCUT2D eigenvalue weighted by atomic mass is 16.2. The molecular formula is C20H34O. The first-order valence-corrected chi connectivity index (χ1v) is 8.75. The highest BCUT2D eigenvalue weighted by Crippen LogP contribution is 2.61. The molecule has 0 amide bonds. The van der Waals surface area contributed by atoms with E-state index < -0.39 is 0 Å². The van der Waals surface area contributed by atoms with Gasteiger partial charge in [0, 0.05) is 0 Å². The zero-order chi connectivity index (χ0) is 15.7. The molecule has 0 aromatic rings. The fourth-order valence-corrected chi connectivity index (χ4v) is 5.44. The van der Waals surface area contributed by atoms with Crippen LogP contribution in [0.25, 0.3) is 0 Å². The normalized spacial score (nSPS) is 36.4. The molecule has 0 aromatic heterocycles. The first kappa shape index (κ1) is 16.8. The van der Waals surface area contributed by atoms with Gasteiger partial charge in [-0.3, -0.25) is 0 Å². The van der Waals surface area contributed by atoms with E-state index in [0.717, 1.165) is 12.3 Å². The average molecular weight is 290 g/mol. The van der Waals surface area contributed by atoms with E-state index in [2.05, 4.69) is 34.3 Å². The standard InChI is InChI=1S/C20H34O/c1-15(11-14-21)7-9-17-16(2)8-10-18-19(3,4)12-6-13-20(17,18)5/h11,17-18,21H,2,6-10,12-14H2,1,3-5H3/b15-11+/t17-,18-,20+/m0/s1. The van der Waals surface area contributed by atoms with Crippen LogP contribution in [-0.4, -0.2) is 11.7 Å². The van der Waals surface area contributed by atoms with Crippen LogP contribution in [0.4, 0.5) is 0 Å².